The normalized spacial score (nSPS) is 12.0. The maximum absolute atomic E-state index is 11.9. The summed E-state index contributed by atoms with van der Waals surface area (Å²) in [6.45, 7) is 4.83. The van der Waals surface area contributed by atoms with Crippen LogP contribution in [0.3, 0.4) is 0 Å². The molecule has 0 fully saturated rings. The molecule has 1 unspecified atom stereocenters. The van der Waals surface area contributed by atoms with Crippen molar-refractivity contribution in [2.45, 2.75) is 32.6 Å². The third-order valence-electron chi connectivity index (χ3n) is 3.90. The van der Waals surface area contributed by atoms with Crippen molar-refractivity contribution in [3.63, 3.8) is 0 Å². The molecule has 0 aliphatic heterocycles. The molecule has 1 aromatic carbocycles. The average Bonchev–Trinajstić information content (AvgIpc) is 2.97. The van der Waals surface area contributed by atoms with E-state index in [-0.39, 0.29) is 12.5 Å². The quantitative estimate of drug-likeness (QED) is 0.809. The van der Waals surface area contributed by atoms with Gasteiger partial charge in [0.05, 0.1) is 0 Å². The molecule has 1 aromatic heterocycles. The molecule has 23 heavy (non-hydrogen) atoms. The standard InChI is InChI=1S/C17H24N4O2/c1-4-13(2)14-7-5-6-8-15(14)23-11-17(22)18-10-9-16-19-12-20-21(16)3/h5-8,12-13H,4,9-11H2,1-3H3,(H,18,22). The van der Waals surface area contributed by atoms with Gasteiger partial charge in [-0.05, 0) is 24.0 Å². The van der Waals surface area contributed by atoms with Crippen molar-refractivity contribution in [1.29, 1.82) is 0 Å². The number of aromatic nitrogens is 3. The van der Waals surface area contributed by atoms with Gasteiger partial charge in [0.15, 0.2) is 6.61 Å². The van der Waals surface area contributed by atoms with Crippen molar-refractivity contribution in [3.8, 4) is 5.75 Å². The third kappa shape index (κ3) is 4.81. The first-order chi connectivity index (χ1) is 11.1. The number of rotatable bonds is 8. The third-order valence-corrected chi connectivity index (χ3v) is 3.90. The van der Waals surface area contributed by atoms with Crippen molar-refractivity contribution in [2.75, 3.05) is 13.2 Å². The molecule has 1 heterocycles. The molecule has 2 rings (SSSR count). The van der Waals surface area contributed by atoms with Crippen molar-refractivity contribution < 1.29 is 9.53 Å². The minimum atomic E-state index is -0.133. The Morgan fingerprint density at radius 3 is 2.87 bits per heavy atom. The molecular weight excluding hydrogens is 292 g/mol. The first-order valence-corrected chi connectivity index (χ1v) is 7.93. The molecule has 1 atom stereocenters. The van der Waals surface area contributed by atoms with E-state index in [0.29, 0.717) is 18.9 Å². The lowest BCUT2D eigenvalue weighted by molar-refractivity contribution is -0.123. The summed E-state index contributed by atoms with van der Waals surface area (Å²) in [5, 5.41) is 6.83. The van der Waals surface area contributed by atoms with Gasteiger partial charge in [-0.3, -0.25) is 9.48 Å². The molecule has 6 heteroatoms. The summed E-state index contributed by atoms with van der Waals surface area (Å²) < 4.78 is 7.39. The number of carbonyl (C=O) groups excluding carboxylic acids is 1. The van der Waals surface area contributed by atoms with Crippen LogP contribution >= 0.6 is 0 Å². The van der Waals surface area contributed by atoms with E-state index in [4.69, 9.17) is 4.74 Å². The van der Waals surface area contributed by atoms with Crippen LogP contribution < -0.4 is 10.1 Å². The lowest BCUT2D eigenvalue weighted by atomic mass is 9.98. The van der Waals surface area contributed by atoms with Crippen LogP contribution in [0.2, 0.25) is 0 Å². The summed E-state index contributed by atoms with van der Waals surface area (Å²) in [6, 6.07) is 7.88. The highest BCUT2D eigenvalue weighted by Gasteiger charge is 2.11. The lowest BCUT2D eigenvalue weighted by Gasteiger charge is -2.15. The van der Waals surface area contributed by atoms with Gasteiger partial charge in [-0.1, -0.05) is 32.0 Å². The maximum Gasteiger partial charge on any atom is 0.257 e. The molecule has 6 nitrogen and oxygen atoms in total. The number of ether oxygens (including phenoxy) is 1. The Morgan fingerprint density at radius 1 is 1.39 bits per heavy atom. The molecule has 0 radical (unpaired) electrons. The van der Waals surface area contributed by atoms with Gasteiger partial charge in [-0.25, -0.2) is 4.98 Å². The van der Waals surface area contributed by atoms with E-state index >= 15 is 0 Å². The van der Waals surface area contributed by atoms with Crippen LogP contribution in [-0.4, -0.2) is 33.8 Å². The number of hydrogen-bond acceptors (Lipinski definition) is 4. The predicted octanol–water partition coefficient (Wildman–Crippen LogP) is 2.07. The van der Waals surface area contributed by atoms with Crippen LogP contribution in [0.5, 0.6) is 5.75 Å². The zero-order valence-corrected chi connectivity index (χ0v) is 14.0. The van der Waals surface area contributed by atoms with Crippen LogP contribution in [0.25, 0.3) is 0 Å². The van der Waals surface area contributed by atoms with Gasteiger partial charge in [0.1, 0.15) is 17.9 Å². The van der Waals surface area contributed by atoms with Crippen molar-refractivity contribution in [1.82, 2.24) is 20.1 Å². The molecule has 1 N–H and O–H groups in total. The lowest BCUT2D eigenvalue weighted by Crippen LogP contribution is -2.31. The summed E-state index contributed by atoms with van der Waals surface area (Å²) in [7, 11) is 1.83. The molecule has 0 saturated carbocycles. The Kier molecular flexibility index (Phi) is 6.14. The Hall–Kier alpha value is -2.37. The number of amides is 1. The molecule has 1 amide bonds. The van der Waals surface area contributed by atoms with Crippen molar-refractivity contribution >= 4 is 5.91 Å². The first kappa shape index (κ1) is 17.0. The summed E-state index contributed by atoms with van der Waals surface area (Å²) in [5.41, 5.74) is 1.14. The van der Waals surface area contributed by atoms with E-state index in [1.165, 1.54) is 6.33 Å². The fourth-order valence-electron chi connectivity index (χ4n) is 2.29. The van der Waals surface area contributed by atoms with Gasteiger partial charge in [-0.15, -0.1) is 0 Å². The van der Waals surface area contributed by atoms with Gasteiger partial charge < -0.3 is 10.1 Å². The molecule has 0 saturated heterocycles. The highest BCUT2D eigenvalue weighted by atomic mass is 16.5. The Morgan fingerprint density at radius 2 is 2.17 bits per heavy atom. The average molecular weight is 316 g/mol. The van der Waals surface area contributed by atoms with Gasteiger partial charge in [0, 0.05) is 20.0 Å². The van der Waals surface area contributed by atoms with Crippen molar-refractivity contribution in [2.24, 2.45) is 7.05 Å². The molecule has 2 aromatic rings. The highest BCUT2D eigenvalue weighted by molar-refractivity contribution is 5.77. The van der Waals surface area contributed by atoms with E-state index in [0.717, 1.165) is 23.6 Å². The smallest absolute Gasteiger partial charge is 0.257 e. The van der Waals surface area contributed by atoms with Crippen molar-refractivity contribution in [3.05, 3.63) is 42.0 Å². The molecular formula is C17H24N4O2. The summed E-state index contributed by atoms with van der Waals surface area (Å²) in [4.78, 5) is 16.0. The van der Waals surface area contributed by atoms with Crippen LogP contribution in [0, 0.1) is 0 Å². The van der Waals surface area contributed by atoms with Crippen LogP contribution in [0.1, 0.15) is 37.6 Å². The van der Waals surface area contributed by atoms with E-state index in [1.807, 2.05) is 25.2 Å². The largest absolute Gasteiger partial charge is 0.483 e. The fraction of sp³-hybridized carbons (Fsp3) is 0.471. The summed E-state index contributed by atoms with van der Waals surface area (Å²) in [6.07, 6.45) is 3.18. The number of nitrogens with one attached hydrogen (secondary N) is 1. The SMILES string of the molecule is CCC(C)c1ccccc1OCC(=O)NCCc1ncnn1C. The Bertz CT molecular complexity index is 639. The number of para-hydroxylation sites is 1. The molecule has 0 aliphatic carbocycles. The number of carbonyl (C=O) groups is 1. The van der Waals surface area contributed by atoms with Crippen LogP contribution in [-0.2, 0) is 18.3 Å². The zero-order chi connectivity index (χ0) is 16.7. The predicted molar refractivity (Wildman–Crippen MR) is 88.4 cm³/mol. The van der Waals surface area contributed by atoms with Gasteiger partial charge >= 0.3 is 0 Å². The van der Waals surface area contributed by atoms with E-state index in [1.54, 1.807) is 4.68 Å². The monoisotopic (exact) mass is 316 g/mol. The van der Waals surface area contributed by atoms with E-state index in [9.17, 15) is 4.79 Å². The number of aryl methyl sites for hydroxylation is 1. The number of hydrogen-bond donors (Lipinski definition) is 1. The molecule has 0 aliphatic rings. The minimum Gasteiger partial charge on any atom is -0.483 e. The molecule has 0 spiro atoms. The molecule has 0 bridgehead atoms. The van der Waals surface area contributed by atoms with E-state index in [2.05, 4.69) is 35.3 Å². The number of benzene rings is 1. The van der Waals surface area contributed by atoms with E-state index < -0.39 is 0 Å². The van der Waals surface area contributed by atoms with Crippen LogP contribution in [0.15, 0.2) is 30.6 Å². The van der Waals surface area contributed by atoms with Gasteiger partial charge in [-0.2, -0.15) is 5.10 Å². The Labute approximate surface area is 136 Å². The van der Waals surface area contributed by atoms with Gasteiger partial charge in [0.2, 0.25) is 0 Å². The minimum absolute atomic E-state index is 0.0201. The van der Waals surface area contributed by atoms with Crippen LogP contribution in [0.4, 0.5) is 0 Å². The second-order valence-corrected chi connectivity index (χ2v) is 5.54. The fourth-order valence-corrected chi connectivity index (χ4v) is 2.29. The number of nitrogens with zero attached hydrogens (tertiary/aromatic N) is 3. The van der Waals surface area contributed by atoms with Gasteiger partial charge in [0.25, 0.3) is 5.91 Å². The highest BCUT2D eigenvalue weighted by Crippen LogP contribution is 2.28. The second-order valence-electron chi connectivity index (χ2n) is 5.54. The first-order valence-electron chi connectivity index (χ1n) is 7.93. The topological polar surface area (TPSA) is 69.0 Å². The zero-order valence-electron chi connectivity index (χ0n) is 14.0. The Balaban J connectivity index is 1.79. The second kappa shape index (κ2) is 8.31. The molecule has 124 valence electrons. The maximum atomic E-state index is 11.9. The summed E-state index contributed by atoms with van der Waals surface area (Å²) in [5.74, 6) is 1.90. The summed E-state index contributed by atoms with van der Waals surface area (Å²) >= 11 is 0.